The molecule has 0 bridgehead atoms. The topological polar surface area (TPSA) is 91.1 Å². The van der Waals surface area contributed by atoms with Gasteiger partial charge in [0.2, 0.25) is 6.10 Å². The molecule has 1 saturated heterocycles. The first kappa shape index (κ1) is 19.1. The van der Waals surface area contributed by atoms with Crippen molar-refractivity contribution in [3.63, 3.8) is 0 Å². The molecule has 0 amide bonds. The van der Waals surface area contributed by atoms with Gasteiger partial charge in [-0.1, -0.05) is 0 Å². The molecule has 0 aliphatic carbocycles. The van der Waals surface area contributed by atoms with Gasteiger partial charge in [0.05, 0.1) is 25.4 Å². The van der Waals surface area contributed by atoms with E-state index in [0.717, 1.165) is 0 Å². The van der Waals surface area contributed by atoms with Gasteiger partial charge < -0.3 is 18.9 Å². The lowest BCUT2D eigenvalue weighted by Gasteiger charge is -2.28. The predicted molar refractivity (Wildman–Crippen MR) is 98.9 cm³/mol. The summed E-state index contributed by atoms with van der Waals surface area (Å²) in [5.74, 6) is 1.20. The van der Waals surface area contributed by atoms with Crippen LogP contribution in [0.2, 0.25) is 0 Å². The summed E-state index contributed by atoms with van der Waals surface area (Å²) in [7, 11) is 0. The van der Waals surface area contributed by atoms with Crippen molar-refractivity contribution >= 4 is 17.0 Å². The minimum atomic E-state index is -4.57. The van der Waals surface area contributed by atoms with Crippen molar-refractivity contribution in [1.29, 1.82) is 0 Å². The second-order valence-corrected chi connectivity index (χ2v) is 7.08. The van der Waals surface area contributed by atoms with E-state index in [1.54, 1.807) is 19.3 Å². The van der Waals surface area contributed by atoms with E-state index in [0.29, 0.717) is 60.5 Å². The van der Waals surface area contributed by atoms with Crippen LogP contribution in [0, 0.1) is 6.92 Å². The zero-order chi connectivity index (χ0) is 20.9. The zero-order valence-corrected chi connectivity index (χ0v) is 16.1. The lowest BCUT2D eigenvalue weighted by molar-refractivity contribution is -0.233. The molecule has 0 N–H and O–H groups in total. The van der Waals surface area contributed by atoms with Gasteiger partial charge >= 0.3 is 6.18 Å². The quantitative estimate of drug-likeness (QED) is 0.621. The number of morpholine rings is 1. The van der Waals surface area contributed by atoms with E-state index in [1.165, 1.54) is 4.57 Å². The summed E-state index contributed by atoms with van der Waals surface area (Å²) in [6.45, 7) is 4.00. The predicted octanol–water partition coefficient (Wildman–Crippen LogP) is 2.06. The van der Waals surface area contributed by atoms with Crippen molar-refractivity contribution in [2.75, 3.05) is 37.8 Å². The molecule has 1 atom stereocenters. The van der Waals surface area contributed by atoms with Crippen LogP contribution >= 0.6 is 0 Å². The first-order valence-electron chi connectivity index (χ1n) is 9.50. The maximum atomic E-state index is 13.5. The minimum Gasteiger partial charge on any atom is -0.378 e. The van der Waals surface area contributed by atoms with Crippen LogP contribution in [0.15, 0.2) is 12.4 Å². The van der Waals surface area contributed by atoms with Gasteiger partial charge in [0, 0.05) is 32.0 Å². The minimum absolute atomic E-state index is 0.0808. The Kier molecular flexibility index (Phi) is 4.54. The summed E-state index contributed by atoms with van der Waals surface area (Å²) in [6, 6.07) is 0. The van der Waals surface area contributed by atoms with Crippen molar-refractivity contribution in [3.05, 3.63) is 24.0 Å². The molecule has 5 rings (SSSR count). The average molecular weight is 421 g/mol. The molecule has 3 aromatic heterocycles. The van der Waals surface area contributed by atoms with Gasteiger partial charge in [-0.25, -0.2) is 24.9 Å². The zero-order valence-electron chi connectivity index (χ0n) is 16.1. The van der Waals surface area contributed by atoms with Crippen LogP contribution in [0.5, 0.6) is 0 Å². The SMILES string of the molecule is Cc1ncc(-c2nc(N3CCOCC3)c3nc4n(c3n2)CCO[C@@H]4C(F)(F)F)cn1. The largest absolute Gasteiger partial charge is 0.421 e. The van der Waals surface area contributed by atoms with Crippen LogP contribution in [-0.2, 0) is 16.0 Å². The maximum absolute atomic E-state index is 13.5. The van der Waals surface area contributed by atoms with Gasteiger partial charge in [-0.2, -0.15) is 13.2 Å². The highest BCUT2D eigenvalue weighted by Crippen LogP contribution is 2.40. The van der Waals surface area contributed by atoms with Crippen LogP contribution in [0.4, 0.5) is 19.0 Å². The number of fused-ring (bicyclic) bond motifs is 3. The first-order valence-corrected chi connectivity index (χ1v) is 9.50. The van der Waals surface area contributed by atoms with Crippen LogP contribution in [0.25, 0.3) is 22.6 Å². The lowest BCUT2D eigenvalue weighted by Crippen LogP contribution is -2.37. The highest BCUT2D eigenvalue weighted by atomic mass is 19.4. The van der Waals surface area contributed by atoms with E-state index < -0.39 is 12.3 Å². The molecule has 5 heterocycles. The van der Waals surface area contributed by atoms with E-state index in [1.807, 2.05) is 4.90 Å². The second-order valence-electron chi connectivity index (χ2n) is 7.08. The number of halogens is 3. The number of anilines is 1. The van der Waals surface area contributed by atoms with Crippen molar-refractivity contribution in [2.45, 2.75) is 25.7 Å². The van der Waals surface area contributed by atoms with Gasteiger partial charge in [-0.05, 0) is 6.92 Å². The highest BCUT2D eigenvalue weighted by molar-refractivity contribution is 5.86. The monoisotopic (exact) mass is 421 g/mol. The number of nitrogens with zero attached hydrogens (tertiary/aromatic N) is 7. The molecular formula is C18H18F3N7O2. The van der Waals surface area contributed by atoms with Gasteiger partial charge in [-0.3, -0.25) is 0 Å². The van der Waals surface area contributed by atoms with Gasteiger partial charge in [-0.15, -0.1) is 0 Å². The Morgan fingerprint density at radius 2 is 1.73 bits per heavy atom. The standard InChI is InChI=1S/C18H18F3N7O2/c1-10-22-8-11(9-23-10)14-25-15(27-2-5-29-6-3-27)12-16(26-14)28-4-7-30-13(17(28)24-12)18(19,20)21/h8-9,13H,2-7H2,1H3/t13-/m0/s1. The maximum Gasteiger partial charge on any atom is 0.421 e. The summed E-state index contributed by atoms with van der Waals surface area (Å²) in [5.41, 5.74) is 1.24. The third-order valence-electron chi connectivity index (χ3n) is 5.09. The van der Waals surface area contributed by atoms with Gasteiger partial charge in [0.15, 0.2) is 22.8 Å². The molecule has 0 saturated carbocycles. The second kappa shape index (κ2) is 7.13. The Labute approximate surface area is 168 Å². The average Bonchev–Trinajstić information content (AvgIpc) is 3.12. The van der Waals surface area contributed by atoms with Crippen molar-refractivity contribution in [2.24, 2.45) is 0 Å². The number of aryl methyl sites for hydroxylation is 1. The fraction of sp³-hybridized carbons (Fsp3) is 0.500. The molecule has 2 aliphatic rings. The molecule has 158 valence electrons. The van der Waals surface area contributed by atoms with E-state index in [9.17, 15) is 13.2 Å². The molecule has 12 heteroatoms. The summed E-state index contributed by atoms with van der Waals surface area (Å²) in [6.07, 6.45) is -3.47. The molecule has 0 spiro atoms. The van der Waals surface area contributed by atoms with Crippen LogP contribution < -0.4 is 4.90 Å². The Hall–Kier alpha value is -2.86. The highest BCUT2D eigenvalue weighted by Gasteiger charge is 2.47. The molecule has 0 aromatic carbocycles. The summed E-state index contributed by atoms with van der Waals surface area (Å²) in [4.78, 5) is 23.8. The van der Waals surface area contributed by atoms with Crippen molar-refractivity contribution in [3.8, 4) is 11.4 Å². The summed E-state index contributed by atoms with van der Waals surface area (Å²) < 4.78 is 52.5. The van der Waals surface area contributed by atoms with Crippen LogP contribution in [0.3, 0.4) is 0 Å². The Morgan fingerprint density at radius 1 is 1.00 bits per heavy atom. The molecular weight excluding hydrogens is 403 g/mol. The number of hydrogen-bond acceptors (Lipinski definition) is 8. The Balaban J connectivity index is 1.73. The summed E-state index contributed by atoms with van der Waals surface area (Å²) in [5, 5.41) is 0. The van der Waals surface area contributed by atoms with Crippen LogP contribution in [-0.4, -0.2) is 68.6 Å². The molecule has 30 heavy (non-hydrogen) atoms. The van der Waals surface area contributed by atoms with Crippen molar-refractivity contribution < 1.29 is 22.6 Å². The number of rotatable bonds is 2. The molecule has 0 unspecified atom stereocenters. The van der Waals surface area contributed by atoms with E-state index >= 15 is 0 Å². The fourth-order valence-electron chi connectivity index (χ4n) is 3.63. The molecule has 2 aliphatic heterocycles. The van der Waals surface area contributed by atoms with E-state index in [2.05, 4.69) is 24.9 Å². The Morgan fingerprint density at radius 3 is 2.43 bits per heavy atom. The molecule has 3 aromatic rings. The third kappa shape index (κ3) is 3.25. The van der Waals surface area contributed by atoms with Gasteiger partial charge in [0.1, 0.15) is 11.6 Å². The van der Waals surface area contributed by atoms with Crippen LogP contribution in [0.1, 0.15) is 17.8 Å². The normalized spacial score (nSPS) is 19.9. The smallest absolute Gasteiger partial charge is 0.378 e. The molecule has 0 radical (unpaired) electrons. The number of ether oxygens (including phenoxy) is 2. The third-order valence-corrected chi connectivity index (χ3v) is 5.09. The first-order chi connectivity index (χ1) is 14.4. The number of aromatic nitrogens is 6. The number of alkyl halides is 3. The summed E-state index contributed by atoms with van der Waals surface area (Å²) >= 11 is 0. The fourth-order valence-corrected chi connectivity index (χ4v) is 3.63. The van der Waals surface area contributed by atoms with E-state index in [-0.39, 0.29) is 19.0 Å². The van der Waals surface area contributed by atoms with Gasteiger partial charge in [0.25, 0.3) is 0 Å². The van der Waals surface area contributed by atoms with Crippen molar-refractivity contribution in [1.82, 2.24) is 29.5 Å². The number of hydrogen-bond donors (Lipinski definition) is 0. The van der Waals surface area contributed by atoms with E-state index in [4.69, 9.17) is 9.47 Å². The molecule has 9 nitrogen and oxygen atoms in total. The molecule has 1 fully saturated rings. The Bertz CT molecular complexity index is 1080. The lowest BCUT2D eigenvalue weighted by atomic mass is 10.3. The number of imidazole rings is 1.